The van der Waals surface area contributed by atoms with Crippen molar-refractivity contribution in [3.63, 3.8) is 0 Å². The highest BCUT2D eigenvalue weighted by molar-refractivity contribution is 5.92. The zero-order chi connectivity index (χ0) is 14.1. The second kappa shape index (κ2) is 5.07. The summed E-state index contributed by atoms with van der Waals surface area (Å²) in [4.78, 5) is 17.5. The smallest absolute Gasteiger partial charge is 0.220 e. The molecule has 1 aromatic carbocycles. The van der Waals surface area contributed by atoms with Crippen LogP contribution in [0.1, 0.15) is 12.8 Å². The molecule has 1 aliphatic rings. The van der Waals surface area contributed by atoms with Crippen molar-refractivity contribution < 1.29 is 9.18 Å². The van der Waals surface area contributed by atoms with Gasteiger partial charge in [-0.15, -0.1) is 0 Å². The van der Waals surface area contributed by atoms with Crippen molar-refractivity contribution in [2.24, 2.45) is 11.7 Å². The van der Waals surface area contributed by atoms with Gasteiger partial charge in [-0.25, -0.2) is 4.39 Å². The molecule has 2 N–H and O–H groups in total. The lowest BCUT2D eigenvalue weighted by molar-refractivity contribution is -0.122. The summed E-state index contributed by atoms with van der Waals surface area (Å²) in [6, 6.07) is 6.88. The number of rotatable bonds is 2. The molecule has 4 nitrogen and oxygen atoms in total. The summed E-state index contributed by atoms with van der Waals surface area (Å²) in [6.07, 6.45) is 3.11. The third-order valence-electron chi connectivity index (χ3n) is 3.94. The third-order valence-corrected chi connectivity index (χ3v) is 3.94. The Labute approximate surface area is 116 Å². The molecule has 2 aromatic rings. The van der Waals surface area contributed by atoms with Crippen molar-refractivity contribution in [2.45, 2.75) is 12.8 Å². The number of halogens is 1. The highest BCUT2D eigenvalue weighted by atomic mass is 19.1. The Bertz CT molecular complexity index is 651. The number of anilines is 1. The second-order valence-electron chi connectivity index (χ2n) is 5.13. The highest BCUT2D eigenvalue weighted by Gasteiger charge is 2.24. The molecule has 0 spiro atoms. The lowest BCUT2D eigenvalue weighted by Gasteiger charge is -2.33. The first kappa shape index (κ1) is 12.8. The fourth-order valence-corrected chi connectivity index (χ4v) is 2.81. The van der Waals surface area contributed by atoms with Crippen molar-refractivity contribution in [3.05, 3.63) is 36.3 Å². The van der Waals surface area contributed by atoms with Crippen LogP contribution in [-0.2, 0) is 4.79 Å². The van der Waals surface area contributed by atoms with E-state index in [1.807, 2.05) is 12.1 Å². The second-order valence-corrected chi connectivity index (χ2v) is 5.13. The van der Waals surface area contributed by atoms with Gasteiger partial charge in [0.15, 0.2) is 0 Å². The van der Waals surface area contributed by atoms with Crippen molar-refractivity contribution in [3.8, 4) is 0 Å². The number of aromatic nitrogens is 1. The molecule has 0 radical (unpaired) electrons. The van der Waals surface area contributed by atoms with Gasteiger partial charge in [-0.2, -0.15) is 0 Å². The van der Waals surface area contributed by atoms with Crippen molar-refractivity contribution in [1.29, 1.82) is 0 Å². The molecular formula is C15H16FN3O. The van der Waals surface area contributed by atoms with Gasteiger partial charge in [-0.1, -0.05) is 12.1 Å². The molecule has 20 heavy (non-hydrogen) atoms. The predicted molar refractivity (Wildman–Crippen MR) is 75.8 cm³/mol. The van der Waals surface area contributed by atoms with Crippen LogP contribution in [-0.4, -0.2) is 24.0 Å². The van der Waals surface area contributed by atoms with Gasteiger partial charge in [0.1, 0.15) is 11.3 Å². The van der Waals surface area contributed by atoms with E-state index in [4.69, 9.17) is 5.73 Å². The number of fused-ring (bicyclic) bond motifs is 1. The summed E-state index contributed by atoms with van der Waals surface area (Å²) in [7, 11) is 0. The van der Waals surface area contributed by atoms with E-state index in [2.05, 4.69) is 9.88 Å². The van der Waals surface area contributed by atoms with Crippen LogP contribution in [0.15, 0.2) is 30.5 Å². The van der Waals surface area contributed by atoms with Crippen molar-refractivity contribution >= 4 is 22.5 Å². The maximum atomic E-state index is 13.8. The van der Waals surface area contributed by atoms with Crippen LogP contribution in [0.3, 0.4) is 0 Å². The van der Waals surface area contributed by atoms with Gasteiger partial charge in [-0.05, 0) is 25.0 Å². The molecule has 0 unspecified atom stereocenters. The fraction of sp³-hybridized carbons (Fsp3) is 0.333. The number of hydrogen-bond acceptors (Lipinski definition) is 3. The van der Waals surface area contributed by atoms with Crippen LogP contribution in [0.4, 0.5) is 10.1 Å². The van der Waals surface area contributed by atoms with Crippen LogP contribution < -0.4 is 10.6 Å². The van der Waals surface area contributed by atoms with Gasteiger partial charge in [0.05, 0.1) is 0 Å². The molecule has 1 fully saturated rings. The Hall–Kier alpha value is -2.17. The van der Waals surface area contributed by atoms with Gasteiger partial charge in [-0.3, -0.25) is 9.78 Å². The minimum absolute atomic E-state index is 0.0453. The Balaban J connectivity index is 1.92. The average Bonchev–Trinajstić information content (AvgIpc) is 2.47. The SMILES string of the molecule is NC(=O)C1CCN(c2ccnc3c(F)cccc23)CC1. The molecule has 104 valence electrons. The highest BCUT2D eigenvalue weighted by Crippen LogP contribution is 2.30. The number of carbonyl (C=O) groups is 1. The number of benzene rings is 1. The fourth-order valence-electron chi connectivity index (χ4n) is 2.81. The van der Waals surface area contributed by atoms with E-state index in [0.29, 0.717) is 5.52 Å². The third kappa shape index (κ3) is 2.19. The molecule has 0 saturated carbocycles. The quantitative estimate of drug-likeness (QED) is 0.911. The van der Waals surface area contributed by atoms with Crippen LogP contribution >= 0.6 is 0 Å². The predicted octanol–water partition coefficient (Wildman–Crippen LogP) is 2.08. The molecule has 0 bridgehead atoms. The van der Waals surface area contributed by atoms with Gasteiger partial charge in [0.25, 0.3) is 0 Å². The zero-order valence-electron chi connectivity index (χ0n) is 11.1. The Morgan fingerprint density at radius 3 is 2.75 bits per heavy atom. The Morgan fingerprint density at radius 2 is 2.05 bits per heavy atom. The zero-order valence-corrected chi connectivity index (χ0v) is 11.1. The van der Waals surface area contributed by atoms with Gasteiger partial charge >= 0.3 is 0 Å². The summed E-state index contributed by atoms with van der Waals surface area (Å²) in [6.45, 7) is 1.51. The number of amides is 1. The monoisotopic (exact) mass is 273 g/mol. The van der Waals surface area contributed by atoms with Crippen LogP contribution in [0.5, 0.6) is 0 Å². The van der Waals surface area contributed by atoms with E-state index >= 15 is 0 Å². The van der Waals surface area contributed by atoms with E-state index in [1.54, 1.807) is 12.3 Å². The first-order valence-electron chi connectivity index (χ1n) is 6.74. The number of carbonyl (C=O) groups excluding carboxylic acids is 1. The normalized spacial score (nSPS) is 16.6. The van der Waals surface area contributed by atoms with E-state index < -0.39 is 0 Å². The number of pyridine rings is 1. The minimum Gasteiger partial charge on any atom is -0.371 e. The maximum absolute atomic E-state index is 13.8. The summed E-state index contributed by atoms with van der Waals surface area (Å²) >= 11 is 0. The van der Waals surface area contributed by atoms with E-state index in [-0.39, 0.29) is 17.6 Å². The molecule has 2 heterocycles. The number of primary amides is 1. The lowest BCUT2D eigenvalue weighted by Crippen LogP contribution is -2.38. The van der Waals surface area contributed by atoms with Crippen LogP contribution in [0, 0.1) is 11.7 Å². The maximum Gasteiger partial charge on any atom is 0.220 e. The number of para-hydroxylation sites is 1. The summed E-state index contributed by atoms with van der Waals surface area (Å²) < 4.78 is 13.8. The summed E-state index contributed by atoms with van der Waals surface area (Å²) in [5.74, 6) is -0.581. The van der Waals surface area contributed by atoms with Crippen LogP contribution in [0.2, 0.25) is 0 Å². The largest absolute Gasteiger partial charge is 0.371 e. The van der Waals surface area contributed by atoms with E-state index in [9.17, 15) is 9.18 Å². The van der Waals surface area contributed by atoms with Crippen molar-refractivity contribution in [2.75, 3.05) is 18.0 Å². The molecule has 1 amide bonds. The number of nitrogens with two attached hydrogens (primary N) is 1. The first-order chi connectivity index (χ1) is 9.66. The number of nitrogens with zero attached hydrogens (tertiary/aromatic N) is 2. The van der Waals surface area contributed by atoms with Gasteiger partial charge in [0, 0.05) is 36.3 Å². The minimum atomic E-state index is -0.309. The summed E-state index contributed by atoms with van der Waals surface area (Å²) in [5.41, 5.74) is 6.71. The molecule has 1 aliphatic heterocycles. The van der Waals surface area contributed by atoms with E-state index in [0.717, 1.165) is 37.0 Å². The molecule has 3 rings (SSSR count). The molecule has 5 heteroatoms. The molecular weight excluding hydrogens is 257 g/mol. The molecule has 0 atom stereocenters. The summed E-state index contributed by atoms with van der Waals surface area (Å²) in [5, 5.41) is 0.810. The number of hydrogen-bond donors (Lipinski definition) is 1. The average molecular weight is 273 g/mol. The molecule has 0 aliphatic carbocycles. The van der Waals surface area contributed by atoms with Gasteiger partial charge < -0.3 is 10.6 Å². The standard InChI is InChI=1S/C15H16FN3O/c16-12-3-1-2-11-13(4-7-18-14(11)12)19-8-5-10(6-9-19)15(17)20/h1-4,7,10H,5-6,8-9H2,(H2,17,20). The van der Waals surface area contributed by atoms with Gasteiger partial charge in [0.2, 0.25) is 5.91 Å². The lowest BCUT2D eigenvalue weighted by atomic mass is 9.95. The molecule has 1 saturated heterocycles. The van der Waals surface area contributed by atoms with Crippen molar-refractivity contribution in [1.82, 2.24) is 4.98 Å². The number of piperidine rings is 1. The first-order valence-corrected chi connectivity index (χ1v) is 6.74. The Morgan fingerprint density at radius 1 is 1.30 bits per heavy atom. The Kier molecular flexibility index (Phi) is 3.26. The van der Waals surface area contributed by atoms with E-state index in [1.165, 1.54) is 6.07 Å². The topological polar surface area (TPSA) is 59.2 Å². The van der Waals surface area contributed by atoms with Crippen LogP contribution in [0.25, 0.3) is 10.9 Å². The molecule has 1 aromatic heterocycles.